The maximum absolute atomic E-state index is 12.3. The van der Waals surface area contributed by atoms with Gasteiger partial charge in [-0.1, -0.05) is 38.5 Å². The Hall–Kier alpha value is -1.15. The lowest BCUT2D eigenvalue weighted by Crippen LogP contribution is -2.25. The molecule has 2 heteroatoms. The molecule has 0 spiro atoms. The van der Waals surface area contributed by atoms with Crippen LogP contribution in [0.25, 0.3) is 0 Å². The van der Waals surface area contributed by atoms with Crippen LogP contribution in [-0.4, -0.2) is 12.3 Å². The van der Waals surface area contributed by atoms with Gasteiger partial charge in [-0.25, -0.2) is 0 Å². The predicted molar refractivity (Wildman–Crippen MR) is 74.9 cm³/mol. The van der Waals surface area contributed by atoms with Gasteiger partial charge in [-0.3, -0.25) is 4.79 Å². The van der Waals surface area contributed by atoms with Crippen molar-refractivity contribution in [1.29, 1.82) is 0 Å². The molecule has 0 saturated carbocycles. The van der Waals surface area contributed by atoms with Crippen LogP contribution in [0, 0.1) is 5.92 Å². The smallest absolute Gasteiger partial charge is 0.163 e. The van der Waals surface area contributed by atoms with Crippen molar-refractivity contribution in [1.82, 2.24) is 5.32 Å². The fourth-order valence-corrected chi connectivity index (χ4v) is 2.60. The Labute approximate surface area is 110 Å². The number of carbonyl (C=O) groups excluding carboxylic acids is 1. The van der Waals surface area contributed by atoms with E-state index < -0.39 is 0 Å². The van der Waals surface area contributed by atoms with Crippen molar-refractivity contribution in [3.8, 4) is 0 Å². The van der Waals surface area contributed by atoms with E-state index in [0.29, 0.717) is 18.1 Å². The van der Waals surface area contributed by atoms with Crippen molar-refractivity contribution in [2.75, 3.05) is 6.54 Å². The number of benzene rings is 1. The second-order valence-electron chi connectivity index (χ2n) is 5.58. The summed E-state index contributed by atoms with van der Waals surface area (Å²) in [6.45, 7) is 6.31. The van der Waals surface area contributed by atoms with Gasteiger partial charge in [-0.05, 0) is 36.4 Å². The molecule has 1 heterocycles. The zero-order valence-corrected chi connectivity index (χ0v) is 11.5. The van der Waals surface area contributed by atoms with Crippen LogP contribution in [0.2, 0.25) is 0 Å². The van der Waals surface area contributed by atoms with Gasteiger partial charge in [0.05, 0.1) is 0 Å². The molecule has 1 aliphatic rings. The summed E-state index contributed by atoms with van der Waals surface area (Å²) in [5, 5.41) is 3.35. The summed E-state index contributed by atoms with van der Waals surface area (Å²) in [5.74, 6) is 1.01. The Morgan fingerprint density at radius 1 is 1.39 bits per heavy atom. The van der Waals surface area contributed by atoms with Gasteiger partial charge in [0.1, 0.15) is 0 Å². The SMILES string of the molecule is CC(C)CCCC(=O)c1cccc2c1CCNC2. The first-order valence-corrected chi connectivity index (χ1v) is 7.03. The molecule has 0 unspecified atom stereocenters. The highest BCUT2D eigenvalue weighted by Gasteiger charge is 2.16. The minimum absolute atomic E-state index is 0.328. The van der Waals surface area contributed by atoms with E-state index in [-0.39, 0.29) is 0 Å². The molecule has 0 fully saturated rings. The minimum Gasteiger partial charge on any atom is -0.312 e. The molecule has 1 aromatic rings. The molecule has 0 radical (unpaired) electrons. The van der Waals surface area contributed by atoms with Crippen LogP contribution >= 0.6 is 0 Å². The summed E-state index contributed by atoms with van der Waals surface area (Å²) in [4.78, 5) is 12.3. The number of Topliss-reactive ketones (excluding diaryl/α,β-unsaturated/α-hetero) is 1. The van der Waals surface area contributed by atoms with Crippen molar-refractivity contribution >= 4 is 5.78 Å². The van der Waals surface area contributed by atoms with Gasteiger partial charge < -0.3 is 5.32 Å². The first-order chi connectivity index (χ1) is 8.68. The molecule has 1 N–H and O–H groups in total. The normalized spacial score (nSPS) is 14.6. The number of nitrogens with one attached hydrogen (secondary N) is 1. The lowest BCUT2D eigenvalue weighted by atomic mass is 9.91. The molecule has 1 aliphatic heterocycles. The fraction of sp³-hybridized carbons (Fsp3) is 0.562. The Bertz CT molecular complexity index is 423. The van der Waals surface area contributed by atoms with Crippen molar-refractivity contribution in [2.45, 2.75) is 46.1 Å². The van der Waals surface area contributed by atoms with Crippen molar-refractivity contribution in [3.63, 3.8) is 0 Å². The van der Waals surface area contributed by atoms with Crippen molar-refractivity contribution in [2.24, 2.45) is 5.92 Å². The fourth-order valence-electron chi connectivity index (χ4n) is 2.60. The highest BCUT2D eigenvalue weighted by Crippen LogP contribution is 2.21. The molecule has 0 atom stereocenters. The van der Waals surface area contributed by atoms with Gasteiger partial charge >= 0.3 is 0 Å². The summed E-state index contributed by atoms with van der Waals surface area (Å²) < 4.78 is 0. The van der Waals surface area contributed by atoms with Gasteiger partial charge in [0.2, 0.25) is 0 Å². The van der Waals surface area contributed by atoms with Crippen LogP contribution in [-0.2, 0) is 13.0 Å². The highest BCUT2D eigenvalue weighted by atomic mass is 16.1. The molecular formula is C16H23NO. The van der Waals surface area contributed by atoms with Crippen LogP contribution in [0.4, 0.5) is 0 Å². The van der Waals surface area contributed by atoms with E-state index >= 15 is 0 Å². The molecule has 2 nitrogen and oxygen atoms in total. The Balaban J connectivity index is 2.06. The van der Waals surface area contributed by atoms with Crippen molar-refractivity contribution in [3.05, 3.63) is 34.9 Å². The predicted octanol–water partition coefficient (Wildman–Crippen LogP) is 3.34. The second kappa shape index (κ2) is 6.14. The molecule has 0 amide bonds. The number of hydrogen-bond acceptors (Lipinski definition) is 2. The second-order valence-corrected chi connectivity index (χ2v) is 5.58. The van der Waals surface area contributed by atoms with Crippen molar-refractivity contribution < 1.29 is 4.79 Å². The molecule has 2 rings (SSSR count). The standard InChI is InChI=1S/C16H23NO/c1-12(2)5-3-8-16(18)15-7-4-6-13-11-17-10-9-14(13)15/h4,6-7,12,17H,3,5,8-11H2,1-2H3. The summed E-state index contributed by atoms with van der Waals surface area (Å²) >= 11 is 0. The molecule has 1 aromatic carbocycles. The van der Waals surface area contributed by atoms with Crippen LogP contribution in [0.15, 0.2) is 18.2 Å². The Morgan fingerprint density at radius 2 is 2.22 bits per heavy atom. The van der Waals surface area contributed by atoms with E-state index in [4.69, 9.17) is 0 Å². The van der Waals surface area contributed by atoms with Gasteiger partial charge in [0.25, 0.3) is 0 Å². The molecule has 0 bridgehead atoms. The lowest BCUT2D eigenvalue weighted by molar-refractivity contribution is 0.0977. The van der Waals surface area contributed by atoms with E-state index in [1.165, 1.54) is 11.1 Å². The average Bonchev–Trinajstić information content (AvgIpc) is 2.37. The summed E-state index contributed by atoms with van der Waals surface area (Å²) in [6.07, 6.45) is 3.84. The molecular weight excluding hydrogens is 222 g/mol. The zero-order chi connectivity index (χ0) is 13.0. The molecule has 98 valence electrons. The number of rotatable bonds is 5. The van der Waals surface area contributed by atoms with Gasteiger partial charge in [0, 0.05) is 18.5 Å². The third kappa shape index (κ3) is 3.20. The van der Waals surface area contributed by atoms with E-state index in [0.717, 1.165) is 37.9 Å². The third-order valence-electron chi connectivity index (χ3n) is 3.63. The topological polar surface area (TPSA) is 29.1 Å². The molecule has 0 saturated heterocycles. The quantitative estimate of drug-likeness (QED) is 0.806. The molecule has 0 aromatic heterocycles. The largest absolute Gasteiger partial charge is 0.312 e. The van der Waals surface area contributed by atoms with Gasteiger partial charge in [-0.2, -0.15) is 0 Å². The number of hydrogen-bond donors (Lipinski definition) is 1. The number of carbonyl (C=O) groups is 1. The van der Waals surface area contributed by atoms with Gasteiger partial charge in [-0.15, -0.1) is 0 Å². The summed E-state index contributed by atoms with van der Waals surface area (Å²) in [5.41, 5.74) is 3.56. The van der Waals surface area contributed by atoms with Crippen LogP contribution < -0.4 is 5.32 Å². The van der Waals surface area contributed by atoms with Crippen LogP contribution in [0.5, 0.6) is 0 Å². The zero-order valence-electron chi connectivity index (χ0n) is 11.5. The summed E-state index contributed by atoms with van der Waals surface area (Å²) in [6, 6.07) is 6.15. The van der Waals surface area contributed by atoms with E-state index in [9.17, 15) is 4.79 Å². The minimum atomic E-state index is 0.328. The monoisotopic (exact) mass is 245 g/mol. The molecule has 0 aliphatic carbocycles. The average molecular weight is 245 g/mol. The maximum atomic E-state index is 12.3. The Kier molecular flexibility index (Phi) is 4.54. The summed E-state index contributed by atoms with van der Waals surface area (Å²) in [7, 11) is 0. The lowest BCUT2D eigenvalue weighted by Gasteiger charge is -2.19. The maximum Gasteiger partial charge on any atom is 0.163 e. The third-order valence-corrected chi connectivity index (χ3v) is 3.63. The number of ketones is 1. The number of fused-ring (bicyclic) bond motifs is 1. The van der Waals surface area contributed by atoms with E-state index in [1.54, 1.807) is 0 Å². The van der Waals surface area contributed by atoms with E-state index in [2.05, 4.69) is 25.2 Å². The first kappa shape index (κ1) is 13.3. The molecule has 18 heavy (non-hydrogen) atoms. The van der Waals surface area contributed by atoms with Crippen LogP contribution in [0.1, 0.15) is 54.6 Å². The first-order valence-electron chi connectivity index (χ1n) is 7.03. The Morgan fingerprint density at radius 3 is 3.00 bits per heavy atom. The van der Waals surface area contributed by atoms with E-state index in [1.807, 2.05) is 12.1 Å². The van der Waals surface area contributed by atoms with Crippen LogP contribution in [0.3, 0.4) is 0 Å². The van der Waals surface area contributed by atoms with Gasteiger partial charge in [0.15, 0.2) is 5.78 Å². The highest BCUT2D eigenvalue weighted by molar-refractivity contribution is 5.97.